The fourth-order valence-corrected chi connectivity index (χ4v) is 3.20. The fraction of sp³-hybridized carbons (Fsp3) is 0.500. The van der Waals surface area contributed by atoms with Crippen molar-refractivity contribution in [2.45, 2.75) is 44.7 Å². The van der Waals surface area contributed by atoms with Crippen molar-refractivity contribution in [2.75, 3.05) is 0 Å². The lowest BCUT2D eigenvalue weighted by Crippen LogP contribution is -2.35. The first-order chi connectivity index (χ1) is 10.6. The van der Waals surface area contributed by atoms with Gasteiger partial charge in [0.25, 0.3) is 0 Å². The van der Waals surface area contributed by atoms with Gasteiger partial charge in [-0.25, -0.2) is 0 Å². The zero-order valence-corrected chi connectivity index (χ0v) is 13.6. The van der Waals surface area contributed by atoms with Crippen molar-refractivity contribution in [2.24, 2.45) is 7.05 Å². The zero-order chi connectivity index (χ0) is 15.7. The topological polar surface area (TPSA) is 51.3 Å². The highest BCUT2D eigenvalue weighted by atomic mass is 35.5. The van der Waals surface area contributed by atoms with Crippen LogP contribution in [0.4, 0.5) is 0 Å². The number of carbonyl (C=O) groups excluding carboxylic acids is 1. The second kappa shape index (κ2) is 6.16. The molecule has 0 bridgehead atoms. The minimum absolute atomic E-state index is 0.101. The Morgan fingerprint density at radius 2 is 2.32 bits per heavy atom. The van der Waals surface area contributed by atoms with E-state index in [9.17, 15) is 4.79 Å². The van der Waals surface area contributed by atoms with Crippen LogP contribution in [-0.2, 0) is 37.8 Å². The summed E-state index contributed by atoms with van der Waals surface area (Å²) in [6.07, 6.45) is 4.88. The second-order valence-electron chi connectivity index (χ2n) is 5.74. The number of fused-ring (bicyclic) bond motifs is 1. The molecule has 1 aliphatic rings. The summed E-state index contributed by atoms with van der Waals surface area (Å²) in [5.74, 6) is 0.647. The summed E-state index contributed by atoms with van der Waals surface area (Å²) in [7, 11) is 1.97. The van der Waals surface area contributed by atoms with E-state index in [0.29, 0.717) is 13.1 Å². The van der Waals surface area contributed by atoms with Gasteiger partial charge in [-0.2, -0.15) is 5.10 Å². The van der Waals surface area contributed by atoms with Gasteiger partial charge in [0.2, 0.25) is 5.91 Å². The number of aromatic nitrogens is 2. The summed E-state index contributed by atoms with van der Waals surface area (Å²) in [5, 5.41) is 4.03. The lowest BCUT2D eigenvalue weighted by molar-refractivity contribution is -0.132. The molecule has 0 aliphatic heterocycles. The highest BCUT2D eigenvalue weighted by molar-refractivity contribution is 6.30. The number of furan rings is 1. The Balaban J connectivity index is 1.83. The first kappa shape index (κ1) is 15.2. The molecule has 5 nitrogen and oxygen atoms in total. The average Bonchev–Trinajstić information content (AvgIpc) is 3.19. The van der Waals surface area contributed by atoms with Crippen LogP contribution in [0.15, 0.2) is 22.8 Å². The first-order valence-corrected chi connectivity index (χ1v) is 7.98. The maximum atomic E-state index is 12.4. The molecule has 0 radical (unpaired) electrons. The number of amides is 1. The number of rotatable bonds is 5. The third-order valence-electron chi connectivity index (χ3n) is 4.12. The van der Waals surface area contributed by atoms with Crippen molar-refractivity contribution in [3.8, 4) is 0 Å². The fourth-order valence-electron chi connectivity index (χ4n) is 3.06. The Morgan fingerprint density at radius 1 is 1.50 bits per heavy atom. The predicted octanol–water partition coefficient (Wildman–Crippen LogP) is 2.66. The van der Waals surface area contributed by atoms with Crippen LogP contribution in [0, 0.1) is 0 Å². The van der Waals surface area contributed by atoms with Gasteiger partial charge in [-0.3, -0.25) is 9.48 Å². The molecule has 2 aromatic heterocycles. The van der Waals surface area contributed by atoms with E-state index in [1.807, 2.05) is 23.9 Å². The van der Waals surface area contributed by atoms with Gasteiger partial charge >= 0.3 is 0 Å². The first-order valence-electron chi connectivity index (χ1n) is 7.55. The summed E-state index contributed by atoms with van der Waals surface area (Å²) in [5.41, 5.74) is 3.56. The van der Waals surface area contributed by atoms with Crippen molar-refractivity contribution in [3.05, 3.63) is 41.1 Å². The minimum Gasteiger partial charge on any atom is -0.467 e. The summed E-state index contributed by atoms with van der Waals surface area (Å²) < 4.78 is 7.31. The van der Waals surface area contributed by atoms with Crippen LogP contribution >= 0.6 is 11.6 Å². The third kappa shape index (κ3) is 2.90. The van der Waals surface area contributed by atoms with Gasteiger partial charge in [-0.05, 0) is 43.9 Å². The quantitative estimate of drug-likeness (QED) is 0.796. The van der Waals surface area contributed by atoms with E-state index in [0.717, 1.165) is 30.7 Å². The smallest absolute Gasteiger partial charge is 0.241 e. The van der Waals surface area contributed by atoms with Gasteiger partial charge in [-0.15, -0.1) is 11.6 Å². The molecule has 3 rings (SSSR count). The summed E-state index contributed by atoms with van der Waals surface area (Å²) in [6.45, 7) is 2.58. The molecule has 0 aromatic carbocycles. The van der Waals surface area contributed by atoms with Gasteiger partial charge in [0.05, 0.1) is 25.0 Å². The number of alkyl halides is 1. The molecule has 0 N–H and O–H groups in total. The van der Waals surface area contributed by atoms with E-state index in [2.05, 4.69) is 5.10 Å². The second-order valence-corrected chi connectivity index (χ2v) is 6.39. The van der Waals surface area contributed by atoms with E-state index in [1.165, 1.54) is 11.3 Å². The van der Waals surface area contributed by atoms with Crippen molar-refractivity contribution in [1.82, 2.24) is 14.7 Å². The number of nitrogens with zero attached hydrogens (tertiary/aromatic N) is 3. The molecule has 0 fully saturated rings. The minimum atomic E-state index is -0.563. The van der Waals surface area contributed by atoms with E-state index in [4.69, 9.17) is 16.0 Å². The monoisotopic (exact) mass is 321 g/mol. The summed E-state index contributed by atoms with van der Waals surface area (Å²) in [6, 6.07) is 3.68. The number of carbonyl (C=O) groups is 1. The van der Waals surface area contributed by atoms with Crippen LogP contribution in [0.1, 0.15) is 36.1 Å². The third-order valence-corrected chi connectivity index (χ3v) is 4.30. The predicted molar refractivity (Wildman–Crippen MR) is 83.5 cm³/mol. The van der Waals surface area contributed by atoms with Crippen molar-refractivity contribution >= 4 is 17.5 Å². The van der Waals surface area contributed by atoms with Crippen LogP contribution in [-0.4, -0.2) is 26.0 Å². The van der Waals surface area contributed by atoms with Gasteiger partial charge in [0.15, 0.2) is 0 Å². The van der Waals surface area contributed by atoms with E-state index in [1.54, 1.807) is 18.1 Å². The SMILES string of the molecule is CC(Cl)C(=O)N(Cc1ccco1)Cc1nn(C)c2c1CCC2. The Morgan fingerprint density at radius 3 is 3.00 bits per heavy atom. The van der Waals surface area contributed by atoms with Crippen molar-refractivity contribution in [3.63, 3.8) is 0 Å². The number of aryl methyl sites for hydroxylation is 1. The summed E-state index contributed by atoms with van der Waals surface area (Å²) >= 11 is 6.00. The van der Waals surface area contributed by atoms with Crippen LogP contribution in [0.2, 0.25) is 0 Å². The summed E-state index contributed by atoms with van der Waals surface area (Å²) in [4.78, 5) is 14.1. The molecule has 118 valence electrons. The molecular weight excluding hydrogens is 302 g/mol. The van der Waals surface area contributed by atoms with Gasteiger partial charge in [0.1, 0.15) is 11.1 Å². The van der Waals surface area contributed by atoms with Gasteiger partial charge in [0, 0.05) is 12.7 Å². The molecule has 0 spiro atoms. The lowest BCUT2D eigenvalue weighted by Gasteiger charge is -2.22. The van der Waals surface area contributed by atoms with E-state index in [-0.39, 0.29) is 5.91 Å². The zero-order valence-electron chi connectivity index (χ0n) is 12.9. The Labute approximate surface area is 134 Å². The van der Waals surface area contributed by atoms with E-state index >= 15 is 0 Å². The number of halogens is 1. The molecule has 0 saturated heterocycles. The molecule has 1 atom stereocenters. The Bertz CT molecular complexity index is 661. The van der Waals surface area contributed by atoms with E-state index < -0.39 is 5.38 Å². The highest BCUT2D eigenvalue weighted by Gasteiger charge is 2.26. The Kier molecular flexibility index (Phi) is 4.25. The molecule has 22 heavy (non-hydrogen) atoms. The molecule has 1 amide bonds. The van der Waals surface area contributed by atoms with Crippen LogP contribution < -0.4 is 0 Å². The van der Waals surface area contributed by atoms with Crippen LogP contribution in [0.3, 0.4) is 0 Å². The molecule has 2 aromatic rings. The largest absolute Gasteiger partial charge is 0.467 e. The van der Waals surface area contributed by atoms with Crippen LogP contribution in [0.5, 0.6) is 0 Å². The molecular formula is C16H20ClN3O2. The highest BCUT2D eigenvalue weighted by Crippen LogP contribution is 2.26. The molecule has 1 unspecified atom stereocenters. The lowest BCUT2D eigenvalue weighted by atomic mass is 10.2. The molecule has 0 saturated carbocycles. The molecule has 2 heterocycles. The molecule has 6 heteroatoms. The van der Waals surface area contributed by atoms with Gasteiger partial charge < -0.3 is 9.32 Å². The number of hydrogen-bond acceptors (Lipinski definition) is 3. The van der Waals surface area contributed by atoms with Gasteiger partial charge in [-0.1, -0.05) is 0 Å². The Hall–Kier alpha value is -1.75. The van der Waals surface area contributed by atoms with Crippen molar-refractivity contribution in [1.29, 1.82) is 0 Å². The normalized spacial score (nSPS) is 14.9. The maximum absolute atomic E-state index is 12.4. The maximum Gasteiger partial charge on any atom is 0.241 e. The molecule has 1 aliphatic carbocycles. The van der Waals surface area contributed by atoms with Crippen LogP contribution in [0.25, 0.3) is 0 Å². The average molecular weight is 322 g/mol. The standard InChI is InChI=1S/C16H20ClN3O2/c1-11(17)16(21)20(9-12-5-4-8-22-12)10-14-13-6-3-7-15(13)19(2)18-14/h4-5,8,11H,3,6-7,9-10H2,1-2H3. The number of hydrogen-bond donors (Lipinski definition) is 0. The van der Waals surface area contributed by atoms with Crippen molar-refractivity contribution < 1.29 is 9.21 Å².